The van der Waals surface area contributed by atoms with Crippen molar-refractivity contribution < 1.29 is 27.8 Å². The van der Waals surface area contributed by atoms with Crippen LogP contribution in [0.2, 0.25) is 0 Å². The molecule has 1 saturated heterocycles. The monoisotopic (exact) mass is 615 g/mol. The molecule has 4 aromatic carbocycles. The van der Waals surface area contributed by atoms with Gasteiger partial charge in [-0.2, -0.15) is 0 Å². The average Bonchev–Trinajstić information content (AvgIpc) is 3.03. The van der Waals surface area contributed by atoms with Crippen LogP contribution in [0, 0.1) is 11.6 Å². The molecule has 0 bridgehead atoms. The number of amides is 4. The van der Waals surface area contributed by atoms with Crippen LogP contribution in [-0.2, 0) is 13.1 Å². The highest BCUT2D eigenvalue weighted by atomic mass is 19.1. The van der Waals surface area contributed by atoms with Crippen molar-refractivity contribution in [2.24, 2.45) is 0 Å². The number of carbonyl (C=O) groups excluding carboxylic acids is 2. The summed E-state index contributed by atoms with van der Waals surface area (Å²) in [5.41, 5.74) is 2.57. The zero-order valence-electron chi connectivity index (χ0n) is 25.1. The van der Waals surface area contributed by atoms with Crippen molar-refractivity contribution in [3.8, 4) is 11.5 Å². The molecule has 0 atom stereocenters. The van der Waals surface area contributed by atoms with Crippen molar-refractivity contribution in [3.63, 3.8) is 0 Å². The number of hydrogen-bond donors (Lipinski definition) is 2. The van der Waals surface area contributed by atoms with E-state index in [4.69, 9.17) is 9.47 Å². The number of benzene rings is 4. The molecule has 0 unspecified atom stereocenters. The Hall–Kier alpha value is -5.00. The van der Waals surface area contributed by atoms with Gasteiger partial charge in [0.1, 0.15) is 23.1 Å². The smallest absolute Gasteiger partial charge is 0.334 e. The predicted octanol–water partition coefficient (Wildman–Crippen LogP) is 6.57. The van der Waals surface area contributed by atoms with Gasteiger partial charge in [0.05, 0.1) is 19.9 Å². The van der Waals surface area contributed by atoms with Crippen LogP contribution in [0.5, 0.6) is 11.5 Å². The van der Waals surface area contributed by atoms with Gasteiger partial charge < -0.3 is 20.1 Å². The fourth-order valence-electron chi connectivity index (χ4n) is 5.16. The summed E-state index contributed by atoms with van der Waals surface area (Å²) >= 11 is 0. The second kappa shape index (κ2) is 14.7. The van der Waals surface area contributed by atoms with E-state index in [-0.39, 0.29) is 22.8 Å². The Labute approximate surface area is 261 Å². The van der Waals surface area contributed by atoms with E-state index in [0.29, 0.717) is 6.54 Å². The molecule has 1 heterocycles. The Morgan fingerprint density at radius 1 is 0.689 bits per heavy atom. The lowest BCUT2D eigenvalue weighted by atomic mass is 10.1. The van der Waals surface area contributed by atoms with Crippen molar-refractivity contribution in [3.05, 3.63) is 114 Å². The SMILES string of the molecule is COc1ccc(CN2CCN(Cc3ccc(OC)c(N(C(=O)Nc4cccc(F)c4)C(=O)Nc4cccc(F)c4)c3)CC2)cc1. The van der Waals surface area contributed by atoms with Gasteiger partial charge in [-0.3, -0.25) is 9.80 Å². The number of rotatable bonds is 9. The second-order valence-corrected chi connectivity index (χ2v) is 10.6. The lowest BCUT2D eigenvalue weighted by Crippen LogP contribution is -2.45. The molecule has 1 fully saturated rings. The van der Waals surface area contributed by atoms with Gasteiger partial charge in [-0.1, -0.05) is 30.3 Å². The first-order chi connectivity index (χ1) is 21.8. The molecule has 5 rings (SSSR count). The Morgan fingerprint density at radius 3 is 1.69 bits per heavy atom. The highest BCUT2D eigenvalue weighted by Gasteiger charge is 2.28. The maximum atomic E-state index is 13.9. The summed E-state index contributed by atoms with van der Waals surface area (Å²) in [7, 11) is 3.09. The summed E-state index contributed by atoms with van der Waals surface area (Å²) < 4.78 is 38.5. The van der Waals surface area contributed by atoms with Crippen LogP contribution < -0.4 is 25.0 Å². The van der Waals surface area contributed by atoms with E-state index in [1.807, 2.05) is 18.2 Å². The zero-order chi connectivity index (χ0) is 31.8. The first kappa shape index (κ1) is 31.4. The van der Waals surface area contributed by atoms with E-state index in [1.54, 1.807) is 19.2 Å². The lowest BCUT2D eigenvalue weighted by molar-refractivity contribution is 0.122. The van der Waals surface area contributed by atoms with Crippen LogP contribution in [0.1, 0.15) is 11.1 Å². The maximum Gasteiger partial charge on any atom is 0.334 e. The first-order valence-electron chi connectivity index (χ1n) is 14.5. The average molecular weight is 616 g/mol. The lowest BCUT2D eigenvalue weighted by Gasteiger charge is -2.35. The molecule has 234 valence electrons. The minimum absolute atomic E-state index is 0.159. The van der Waals surface area contributed by atoms with Gasteiger partial charge in [0, 0.05) is 50.6 Å². The number of ether oxygens (including phenoxy) is 2. The summed E-state index contributed by atoms with van der Waals surface area (Å²) in [6.07, 6.45) is 0. The van der Waals surface area contributed by atoms with Crippen molar-refractivity contribution >= 4 is 29.1 Å². The van der Waals surface area contributed by atoms with E-state index in [1.165, 1.54) is 49.1 Å². The molecule has 1 aliphatic rings. The Kier molecular flexibility index (Phi) is 10.2. The third-order valence-electron chi connectivity index (χ3n) is 7.48. The van der Waals surface area contributed by atoms with E-state index in [9.17, 15) is 18.4 Å². The third-order valence-corrected chi connectivity index (χ3v) is 7.48. The highest BCUT2D eigenvalue weighted by molar-refractivity contribution is 6.22. The van der Waals surface area contributed by atoms with Crippen molar-refractivity contribution in [2.75, 3.05) is 55.9 Å². The molecule has 9 nitrogen and oxygen atoms in total. The molecular weight excluding hydrogens is 580 g/mol. The van der Waals surface area contributed by atoms with E-state index in [0.717, 1.165) is 61.1 Å². The van der Waals surface area contributed by atoms with Gasteiger partial charge in [-0.15, -0.1) is 0 Å². The Balaban J connectivity index is 1.33. The maximum absolute atomic E-state index is 13.9. The number of nitrogens with zero attached hydrogens (tertiary/aromatic N) is 3. The number of hydrogen-bond acceptors (Lipinski definition) is 6. The molecule has 0 radical (unpaired) electrons. The van der Waals surface area contributed by atoms with Crippen molar-refractivity contribution in [1.82, 2.24) is 9.80 Å². The first-order valence-corrected chi connectivity index (χ1v) is 14.5. The largest absolute Gasteiger partial charge is 0.497 e. The van der Waals surface area contributed by atoms with Gasteiger partial charge >= 0.3 is 12.1 Å². The number of piperazine rings is 1. The fourth-order valence-corrected chi connectivity index (χ4v) is 5.16. The number of halogens is 2. The molecule has 2 N–H and O–H groups in total. The number of methoxy groups -OCH3 is 2. The summed E-state index contributed by atoms with van der Waals surface area (Å²) in [6.45, 7) is 4.86. The van der Waals surface area contributed by atoms with Gasteiger partial charge in [0.15, 0.2) is 0 Å². The van der Waals surface area contributed by atoms with E-state index >= 15 is 0 Å². The third kappa shape index (κ3) is 8.34. The highest BCUT2D eigenvalue weighted by Crippen LogP contribution is 2.32. The summed E-state index contributed by atoms with van der Waals surface area (Å²) in [5.74, 6) is 0.00482. The van der Waals surface area contributed by atoms with E-state index < -0.39 is 23.7 Å². The minimum atomic E-state index is -0.850. The van der Waals surface area contributed by atoms with E-state index in [2.05, 4.69) is 32.6 Å². The second-order valence-electron chi connectivity index (χ2n) is 10.6. The van der Waals surface area contributed by atoms with Gasteiger partial charge in [-0.05, 0) is 71.8 Å². The summed E-state index contributed by atoms with van der Waals surface area (Å²) in [5, 5.41) is 5.15. The fraction of sp³-hybridized carbons (Fsp3) is 0.235. The van der Waals surface area contributed by atoms with Gasteiger partial charge in [0.2, 0.25) is 0 Å². The summed E-state index contributed by atoms with van der Waals surface area (Å²) in [4.78, 5) is 32.8. The van der Waals surface area contributed by atoms with Crippen LogP contribution in [0.4, 0.5) is 35.4 Å². The molecule has 4 amide bonds. The topological polar surface area (TPSA) is 86.4 Å². The van der Waals surface area contributed by atoms with Crippen LogP contribution in [-0.4, -0.2) is 62.3 Å². The molecule has 4 aromatic rings. The molecule has 0 aliphatic carbocycles. The van der Waals surface area contributed by atoms with Crippen LogP contribution in [0.15, 0.2) is 91.0 Å². The molecule has 1 aliphatic heterocycles. The molecule has 0 saturated carbocycles. The van der Waals surface area contributed by atoms with Crippen molar-refractivity contribution in [1.29, 1.82) is 0 Å². The zero-order valence-corrected chi connectivity index (χ0v) is 25.1. The number of anilines is 3. The number of nitrogens with one attached hydrogen (secondary N) is 2. The molecule has 11 heteroatoms. The van der Waals surface area contributed by atoms with Gasteiger partial charge in [0.25, 0.3) is 0 Å². The quantitative estimate of drug-likeness (QED) is 0.222. The Morgan fingerprint density at radius 2 is 1.20 bits per heavy atom. The van der Waals surface area contributed by atoms with Crippen LogP contribution in [0.3, 0.4) is 0 Å². The normalized spacial score (nSPS) is 13.6. The summed E-state index contributed by atoms with van der Waals surface area (Å²) in [6, 6.07) is 22.4. The molecule has 0 aromatic heterocycles. The van der Waals surface area contributed by atoms with Gasteiger partial charge in [-0.25, -0.2) is 23.3 Å². The standard InChI is InChI=1S/C34H35F2N5O4/c1-44-30-12-9-24(10-13-30)22-39-15-17-40(18-16-39)23-25-11-14-32(45-2)31(19-25)41(33(42)37-28-7-3-5-26(35)20-28)34(43)38-29-8-4-6-27(36)21-29/h3-14,19-21H,15-18,22-23H2,1-2H3,(H,37,42)(H,38,43). The van der Waals surface area contributed by atoms with Crippen LogP contribution in [0.25, 0.3) is 0 Å². The molecule has 0 spiro atoms. The minimum Gasteiger partial charge on any atom is -0.497 e. The molecule has 45 heavy (non-hydrogen) atoms. The number of urea groups is 2. The van der Waals surface area contributed by atoms with Crippen LogP contribution >= 0.6 is 0 Å². The van der Waals surface area contributed by atoms with Crippen molar-refractivity contribution in [2.45, 2.75) is 13.1 Å². The molecular formula is C34H35F2N5O4. The number of imide groups is 1. The Bertz CT molecular complexity index is 1570. The number of carbonyl (C=O) groups is 2. The predicted molar refractivity (Wildman–Crippen MR) is 170 cm³/mol.